The Morgan fingerprint density at radius 2 is 0.831 bits per heavy atom. The first kappa shape index (κ1) is 42.7. The summed E-state index contributed by atoms with van der Waals surface area (Å²) in [5, 5.41) is 2.71. The molecule has 0 fully saturated rings. The number of nitrogens with one attached hydrogen (secondary N) is 3. The van der Waals surface area contributed by atoms with Crippen LogP contribution < -0.4 is 10.1 Å². The van der Waals surface area contributed by atoms with E-state index in [2.05, 4.69) is 137 Å². The van der Waals surface area contributed by atoms with Gasteiger partial charge >= 0.3 is 5.97 Å². The molecule has 3 N–H and O–H groups in total. The SMILES string of the molecule is COCNC(=O)CCCCCCCCC(=O)Oc1ccc(-c2c3nc(c(-c4ccccc4)c4ccc([nH]4)c(-c4ccccc4)c4nc(c(-c5ccccc5)c5ccc2[nH]5)C=C4)C=C3)cc1. The van der Waals surface area contributed by atoms with Gasteiger partial charge in [-0.2, -0.15) is 0 Å². The van der Waals surface area contributed by atoms with Gasteiger partial charge in [0.25, 0.3) is 0 Å². The summed E-state index contributed by atoms with van der Waals surface area (Å²) in [5.74, 6) is 0.257. The predicted octanol–water partition coefficient (Wildman–Crippen LogP) is 13.1. The van der Waals surface area contributed by atoms with Crippen LogP contribution in [0.15, 0.2) is 140 Å². The summed E-state index contributed by atoms with van der Waals surface area (Å²) in [6.07, 6.45) is 14.8. The number of H-pyrrole nitrogens is 2. The topological polar surface area (TPSA) is 122 Å². The summed E-state index contributed by atoms with van der Waals surface area (Å²) in [7, 11) is 1.56. The number of rotatable bonds is 16. The number of methoxy groups -OCH3 is 1. The molecule has 9 heteroatoms. The van der Waals surface area contributed by atoms with Gasteiger partial charge in [0.2, 0.25) is 5.91 Å². The van der Waals surface area contributed by atoms with Crippen LogP contribution in [-0.4, -0.2) is 45.7 Å². The summed E-state index contributed by atoms with van der Waals surface area (Å²) in [6.45, 7) is 0.242. The van der Waals surface area contributed by atoms with Crippen LogP contribution in [0.1, 0.15) is 74.1 Å². The zero-order valence-corrected chi connectivity index (χ0v) is 36.5. The Balaban J connectivity index is 1.09. The Labute approximate surface area is 379 Å². The molecule has 0 radical (unpaired) electrons. The Hall–Kier alpha value is -7.62. The van der Waals surface area contributed by atoms with Gasteiger partial charge in [-0.3, -0.25) is 9.59 Å². The van der Waals surface area contributed by atoms with Gasteiger partial charge in [-0.1, -0.05) is 129 Å². The third-order valence-corrected chi connectivity index (χ3v) is 11.8. The molecule has 0 aliphatic carbocycles. The second-order valence-electron chi connectivity index (χ2n) is 16.3. The van der Waals surface area contributed by atoms with Crippen molar-refractivity contribution in [1.29, 1.82) is 0 Å². The van der Waals surface area contributed by atoms with E-state index >= 15 is 0 Å². The number of hydrogen-bond acceptors (Lipinski definition) is 6. The molecule has 0 saturated carbocycles. The van der Waals surface area contributed by atoms with E-state index in [9.17, 15) is 9.59 Å². The van der Waals surface area contributed by atoms with Crippen molar-refractivity contribution in [2.24, 2.45) is 0 Å². The fourth-order valence-corrected chi connectivity index (χ4v) is 8.61. The average molecular weight is 858 g/mol. The fraction of sp³-hybridized carbons (Fsp3) is 0.179. The average Bonchev–Trinajstić information content (AvgIpc) is 4.19. The Kier molecular flexibility index (Phi) is 13.3. The number of carbonyl (C=O) groups is 2. The monoisotopic (exact) mass is 857 g/mol. The van der Waals surface area contributed by atoms with Crippen LogP contribution in [0.2, 0.25) is 0 Å². The second kappa shape index (κ2) is 20.3. The van der Waals surface area contributed by atoms with E-state index in [-0.39, 0.29) is 18.6 Å². The molecule has 8 bridgehead atoms. The van der Waals surface area contributed by atoms with Gasteiger partial charge in [0.15, 0.2) is 0 Å². The van der Waals surface area contributed by atoms with Gasteiger partial charge in [0.1, 0.15) is 12.5 Å². The van der Waals surface area contributed by atoms with Crippen LogP contribution in [0.3, 0.4) is 0 Å². The number of nitrogens with zero attached hydrogens (tertiary/aromatic N) is 2. The summed E-state index contributed by atoms with van der Waals surface area (Å²) >= 11 is 0. The van der Waals surface area contributed by atoms with E-state index in [1.165, 1.54) is 0 Å². The van der Waals surface area contributed by atoms with Gasteiger partial charge in [-0.15, -0.1) is 0 Å². The largest absolute Gasteiger partial charge is 0.427 e. The molecule has 2 aliphatic heterocycles. The van der Waals surface area contributed by atoms with Crippen molar-refractivity contribution < 1.29 is 19.1 Å². The van der Waals surface area contributed by atoms with Crippen LogP contribution in [0.25, 0.3) is 90.9 Å². The van der Waals surface area contributed by atoms with Crippen molar-refractivity contribution in [3.05, 3.63) is 162 Å². The third kappa shape index (κ3) is 9.96. The number of aromatic nitrogens is 4. The number of esters is 1. The Morgan fingerprint density at radius 3 is 1.23 bits per heavy atom. The molecule has 0 atom stereocenters. The molecule has 5 heterocycles. The lowest BCUT2D eigenvalue weighted by Gasteiger charge is -2.08. The smallest absolute Gasteiger partial charge is 0.311 e. The molecule has 4 aromatic carbocycles. The van der Waals surface area contributed by atoms with Gasteiger partial charge < -0.3 is 24.8 Å². The maximum atomic E-state index is 12.9. The van der Waals surface area contributed by atoms with E-state index < -0.39 is 0 Å². The van der Waals surface area contributed by atoms with Gasteiger partial charge in [-0.25, -0.2) is 9.97 Å². The van der Waals surface area contributed by atoms with Gasteiger partial charge in [0.05, 0.1) is 22.8 Å². The van der Waals surface area contributed by atoms with Crippen molar-refractivity contribution in [2.75, 3.05) is 13.8 Å². The second-order valence-corrected chi connectivity index (χ2v) is 16.3. The summed E-state index contributed by atoms with van der Waals surface area (Å²) in [6, 6.07) is 47.4. The molecule has 9 nitrogen and oxygen atoms in total. The lowest BCUT2D eigenvalue weighted by molar-refractivity contribution is -0.134. The van der Waals surface area contributed by atoms with Crippen molar-refractivity contribution >= 4 is 58.2 Å². The number of amides is 1. The molecule has 0 unspecified atom stereocenters. The highest BCUT2D eigenvalue weighted by molar-refractivity contribution is 5.99. The van der Waals surface area contributed by atoms with Crippen LogP contribution in [0, 0.1) is 0 Å². The Bertz CT molecular complexity index is 2990. The lowest BCUT2D eigenvalue weighted by Crippen LogP contribution is -2.24. The number of unbranched alkanes of at least 4 members (excludes halogenated alkanes) is 5. The van der Waals surface area contributed by atoms with Crippen molar-refractivity contribution in [3.8, 4) is 50.3 Å². The summed E-state index contributed by atoms with van der Waals surface area (Å²) < 4.78 is 10.7. The summed E-state index contributed by atoms with van der Waals surface area (Å²) in [4.78, 5) is 43.1. The van der Waals surface area contributed by atoms with E-state index in [1.54, 1.807) is 7.11 Å². The fourth-order valence-electron chi connectivity index (χ4n) is 8.61. The molecule has 1 amide bonds. The standard InChI is InChI=1S/C56H51N5O4/c1-64-37-57-51(62)23-15-4-2-3-5-16-24-52(63)65-42-27-25-41(26-28-42)56-49-35-33-47(60-49)54(39-19-11-7-12-20-39)45-31-29-43(58-45)53(38-17-9-6-10-18-38)44-30-32-46(59-44)55(40-21-13-8-14-22-40)48-34-36-50(56)61-48/h6-14,17-22,25-36,58,61H,2-5,15-16,23-24,37H2,1H3,(H,57,62). The first-order chi connectivity index (χ1) is 32.0. The molecular formula is C56H51N5O4. The highest BCUT2D eigenvalue weighted by atomic mass is 16.5. The van der Waals surface area contributed by atoms with Crippen LogP contribution in [0.5, 0.6) is 5.75 Å². The number of aromatic amines is 2. The Morgan fingerprint density at radius 1 is 0.462 bits per heavy atom. The van der Waals surface area contributed by atoms with Crippen molar-refractivity contribution in [2.45, 2.75) is 51.4 Å². The maximum absolute atomic E-state index is 12.9. The minimum absolute atomic E-state index is 0.0125. The van der Waals surface area contributed by atoms with Crippen molar-refractivity contribution in [1.82, 2.24) is 25.3 Å². The van der Waals surface area contributed by atoms with Crippen molar-refractivity contribution in [3.63, 3.8) is 0 Å². The molecule has 3 aromatic heterocycles. The normalized spacial score (nSPS) is 11.8. The first-order valence-electron chi connectivity index (χ1n) is 22.4. The molecule has 324 valence electrons. The zero-order valence-electron chi connectivity index (χ0n) is 36.5. The maximum Gasteiger partial charge on any atom is 0.311 e. The number of carbonyl (C=O) groups excluding carboxylic acids is 2. The van der Waals surface area contributed by atoms with E-state index in [1.807, 2.05) is 42.5 Å². The molecular weight excluding hydrogens is 807 g/mol. The third-order valence-electron chi connectivity index (χ3n) is 11.8. The first-order valence-corrected chi connectivity index (χ1v) is 22.4. The quantitative estimate of drug-likeness (QED) is 0.0385. The number of hydrogen-bond donors (Lipinski definition) is 3. The number of benzene rings is 4. The molecule has 2 aliphatic rings. The predicted molar refractivity (Wildman–Crippen MR) is 263 cm³/mol. The number of ether oxygens (including phenoxy) is 2. The van der Waals surface area contributed by atoms with E-state index in [4.69, 9.17) is 19.4 Å². The minimum Gasteiger partial charge on any atom is -0.427 e. The molecule has 9 rings (SSSR count). The van der Waals surface area contributed by atoms with E-state index in [0.29, 0.717) is 18.6 Å². The van der Waals surface area contributed by atoms with Crippen LogP contribution >= 0.6 is 0 Å². The molecule has 0 spiro atoms. The number of fused-ring (bicyclic) bond motifs is 8. The highest BCUT2D eigenvalue weighted by Crippen LogP contribution is 2.38. The highest BCUT2D eigenvalue weighted by Gasteiger charge is 2.19. The van der Waals surface area contributed by atoms with Crippen LogP contribution in [-0.2, 0) is 14.3 Å². The zero-order chi connectivity index (χ0) is 44.4. The van der Waals surface area contributed by atoms with E-state index in [0.717, 1.165) is 128 Å². The summed E-state index contributed by atoms with van der Waals surface area (Å²) in [5.41, 5.74) is 15.0. The molecule has 0 saturated heterocycles. The van der Waals surface area contributed by atoms with Gasteiger partial charge in [-0.05, 0) is 95.8 Å². The minimum atomic E-state index is -0.250. The lowest BCUT2D eigenvalue weighted by atomic mass is 10.0. The molecule has 65 heavy (non-hydrogen) atoms. The molecule has 7 aromatic rings. The van der Waals surface area contributed by atoms with Gasteiger partial charge in [0, 0.05) is 64.3 Å². The van der Waals surface area contributed by atoms with Crippen LogP contribution in [0.4, 0.5) is 0 Å².